The van der Waals surface area contributed by atoms with Gasteiger partial charge in [-0.15, -0.1) is 11.3 Å². The molecule has 244 valence electrons. The Hall–Kier alpha value is -6.48. The van der Waals surface area contributed by atoms with E-state index in [1.54, 1.807) is 29.5 Å². The van der Waals surface area contributed by atoms with Gasteiger partial charge in [0.1, 0.15) is 0 Å². The average molecular weight is 692 g/mol. The Morgan fingerprint density at radius 2 is 1.04 bits per heavy atom. The van der Waals surface area contributed by atoms with Gasteiger partial charge in [-0.2, -0.15) is 0 Å². The summed E-state index contributed by atoms with van der Waals surface area (Å²) in [5, 5.41) is 3.97. The molecule has 0 aliphatic rings. The van der Waals surface area contributed by atoms with Crippen LogP contribution in [0, 0.1) is 0 Å². The minimum absolute atomic E-state index is 0.0335. The van der Waals surface area contributed by atoms with Crippen LogP contribution in [0.25, 0.3) is 75.1 Å². The van der Waals surface area contributed by atoms with E-state index in [2.05, 4.69) is 29.2 Å². The fourth-order valence-corrected chi connectivity index (χ4v) is 8.13. The van der Waals surface area contributed by atoms with Crippen molar-refractivity contribution in [3.63, 3.8) is 0 Å². The van der Waals surface area contributed by atoms with Gasteiger partial charge in [0.25, 0.3) is 0 Å². The fourth-order valence-electron chi connectivity index (χ4n) is 6.92. The van der Waals surface area contributed by atoms with Crippen LogP contribution in [0.3, 0.4) is 0 Å². The number of benzene rings is 9. The van der Waals surface area contributed by atoms with Crippen LogP contribution in [0.1, 0.15) is 16.4 Å². The van der Waals surface area contributed by atoms with Crippen molar-refractivity contribution in [3.05, 3.63) is 200 Å². The Bertz CT molecular complexity index is 3550. The van der Waals surface area contributed by atoms with Crippen LogP contribution >= 0.6 is 11.3 Å². The number of hydrogen-bond donors (Lipinski definition) is 0. The number of nitrogens with zero attached hydrogens (tertiary/aromatic N) is 1. The van der Waals surface area contributed by atoms with E-state index in [9.17, 15) is 0 Å². The number of fused-ring (bicyclic) bond motifs is 5. The van der Waals surface area contributed by atoms with Crippen molar-refractivity contribution in [2.45, 2.75) is 0 Å². The number of thiophene rings is 1. The predicted molar refractivity (Wildman–Crippen MR) is 225 cm³/mol. The molecule has 0 atom stereocenters. The molecule has 0 spiro atoms. The van der Waals surface area contributed by atoms with E-state index < -0.39 is 36.3 Å². The fraction of sp³-hybridized carbons (Fsp3) is 0. The third-order valence-corrected chi connectivity index (χ3v) is 10.6. The molecule has 52 heavy (non-hydrogen) atoms. The first-order valence-electron chi connectivity index (χ1n) is 22.8. The Balaban J connectivity index is 1.09. The highest BCUT2D eigenvalue weighted by atomic mass is 32.1. The molecule has 0 amide bonds. The van der Waals surface area contributed by atoms with Gasteiger partial charge in [-0.05, 0) is 103 Å². The molecule has 0 aliphatic carbocycles. The highest BCUT2D eigenvalue weighted by molar-refractivity contribution is 7.26. The number of rotatable bonds is 6. The van der Waals surface area contributed by atoms with E-state index >= 15 is 0 Å². The van der Waals surface area contributed by atoms with Crippen LogP contribution in [-0.2, 0) is 0 Å². The maximum absolute atomic E-state index is 8.92. The third-order valence-electron chi connectivity index (χ3n) is 9.44. The standard InChI is InChI=1S/C50H33NS/c1-2-10-34(11-3-1)39-22-20-36-21-23-40(33-41(36)32-39)35-24-28-42(29-25-35)51(48-18-9-17-47-46-15-6-7-19-49(46)52-50(47)48)43-30-26-38(27-31-43)45-16-8-13-37-12-4-5-14-44(37)45/h1-33H/i1D,2D,3D,4D,5D,8D,10D,11D,12D,13D,14D,16D. The predicted octanol–water partition coefficient (Wildman–Crippen LogP) is 14.8. The zero-order valence-corrected chi connectivity index (χ0v) is 28.3. The lowest BCUT2D eigenvalue weighted by Gasteiger charge is -2.26. The molecule has 0 unspecified atom stereocenters. The van der Waals surface area contributed by atoms with Gasteiger partial charge in [0.15, 0.2) is 0 Å². The van der Waals surface area contributed by atoms with Gasteiger partial charge in [-0.25, -0.2) is 0 Å². The van der Waals surface area contributed by atoms with Crippen molar-refractivity contribution in [3.8, 4) is 33.4 Å². The Kier molecular flexibility index (Phi) is 4.98. The maximum atomic E-state index is 8.92. The summed E-state index contributed by atoms with van der Waals surface area (Å²) < 4.78 is 104. The minimum Gasteiger partial charge on any atom is -0.309 e. The highest BCUT2D eigenvalue weighted by Crippen LogP contribution is 2.45. The molecular weight excluding hydrogens is 647 g/mol. The molecule has 1 heterocycles. The second-order valence-corrected chi connectivity index (χ2v) is 13.5. The summed E-state index contributed by atoms with van der Waals surface area (Å²) >= 11 is 1.69. The Labute approximate surface area is 324 Å². The van der Waals surface area contributed by atoms with E-state index in [4.69, 9.17) is 16.4 Å². The van der Waals surface area contributed by atoms with Crippen LogP contribution < -0.4 is 4.90 Å². The van der Waals surface area contributed by atoms with Crippen LogP contribution in [0.15, 0.2) is 200 Å². The largest absolute Gasteiger partial charge is 0.309 e. The molecule has 10 rings (SSSR count). The molecular formula is C50H33NS. The van der Waals surface area contributed by atoms with Gasteiger partial charge in [-0.1, -0.05) is 151 Å². The van der Waals surface area contributed by atoms with Gasteiger partial charge >= 0.3 is 0 Å². The van der Waals surface area contributed by atoms with Crippen molar-refractivity contribution in [1.29, 1.82) is 0 Å². The van der Waals surface area contributed by atoms with Gasteiger partial charge in [0.05, 0.1) is 26.8 Å². The first kappa shape index (κ1) is 20.4. The molecule has 0 saturated carbocycles. The van der Waals surface area contributed by atoms with Crippen LogP contribution in [0.4, 0.5) is 17.1 Å². The van der Waals surface area contributed by atoms with Crippen molar-refractivity contribution in [2.75, 3.05) is 4.90 Å². The molecule has 1 aromatic heterocycles. The van der Waals surface area contributed by atoms with Crippen LogP contribution in [0.2, 0.25) is 0 Å². The second kappa shape index (κ2) is 12.7. The lowest BCUT2D eigenvalue weighted by Crippen LogP contribution is -2.10. The van der Waals surface area contributed by atoms with Crippen molar-refractivity contribution < 1.29 is 16.4 Å². The third kappa shape index (κ3) is 5.33. The number of hydrogen-bond acceptors (Lipinski definition) is 2. The topological polar surface area (TPSA) is 3.24 Å². The minimum atomic E-state index is -0.497. The van der Waals surface area contributed by atoms with Crippen LogP contribution in [0.5, 0.6) is 0 Å². The smallest absolute Gasteiger partial charge is 0.0640 e. The maximum Gasteiger partial charge on any atom is 0.0640 e. The summed E-state index contributed by atoms with van der Waals surface area (Å²) in [7, 11) is 0. The molecule has 0 aliphatic heterocycles. The summed E-state index contributed by atoms with van der Waals surface area (Å²) in [6.45, 7) is 0. The van der Waals surface area contributed by atoms with Gasteiger partial charge in [-0.3, -0.25) is 0 Å². The number of anilines is 3. The molecule has 0 N–H and O–H groups in total. The first-order valence-corrected chi connectivity index (χ1v) is 17.6. The van der Waals surface area contributed by atoms with Gasteiger partial charge in [0, 0.05) is 26.8 Å². The molecule has 0 bridgehead atoms. The molecule has 0 saturated heterocycles. The normalized spacial score (nSPS) is 14.7. The van der Waals surface area contributed by atoms with Gasteiger partial charge in [0.2, 0.25) is 0 Å². The molecule has 2 heteroatoms. The molecule has 1 nitrogen and oxygen atoms in total. The zero-order valence-electron chi connectivity index (χ0n) is 39.5. The quantitative estimate of drug-likeness (QED) is 0.168. The lowest BCUT2D eigenvalue weighted by atomic mass is 9.97. The molecule has 10 aromatic rings. The average Bonchev–Trinajstić information content (AvgIpc) is 3.70. The second-order valence-electron chi connectivity index (χ2n) is 12.5. The monoisotopic (exact) mass is 691 g/mol. The Morgan fingerprint density at radius 1 is 0.404 bits per heavy atom. The van der Waals surface area contributed by atoms with E-state index in [1.165, 1.54) is 0 Å². The summed E-state index contributed by atoms with van der Waals surface area (Å²) in [6.07, 6.45) is 0. The van der Waals surface area contributed by atoms with E-state index in [1.807, 2.05) is 84.9 Å². The first-order chi connectivity index (χ1) is 30.7. The van der Waals surface area contributed by atoms with Crippen molar-refractivity contribution >= 4 is 70.1 Å². The van der Waals surface area contributed by atoms with Gasteiger partial charge < -0.3 is 4.90 Å². The van der Waals surface area contributed by atoms with E-state index in [0.717, 1.165) is 59.1 Å². The summed E-state index contributed by atoms with van der Waals surface area (Å²) in [5.41, 5.74) is 5.70. The van der Waals surface area contributed by atoms with E-state index in [-0.39, 0.29) is 58.2 Å². The molecule has 9 aromatic carbocycles. The molecule has 0 radical (unpaired) electrons. The summed E-state index contributed by atoms with van der Waals surface area (Å²) in [5.74, 6) is 0. The van der Waals surface area contributed by atoms with Crippen molar-refractivity contribution in [2.24, 2.45) is 0 Å². The highest BCUT2D eigenvalue weighted by Gasteiger charge is 2.18. The molecule has 0 fully saturated rings. The SMILES string of the molecule is [2H]c1c([2H])c([2H])c(-c2ccc3ccc(-c4ccc(N(c5ccc(-c6c([2H])c([2H])c([2H])c7c([2H])c([2H])c([2H])c([2H])c67)cc5)c5cccc6c5sc5ccccc56)cc4)cc3c2)c([2H])c1[2H]. The Morgan fingerprint density at radius 3 is 1.83 bits per heavy atom. The summed E-state index contributed by atoms with van der Waals surface area (Å²) in [6, 6.07) is 37.0. The van der Waals surface area contributed by atoms with Crippen molar-refractivity contribution in [1.82, 2.24) is 0 Å². The lowest BCUT2D eigenvalue weighted by molar-refractivity contribution is 1.30. The van der Waals surface area contributed by atoms with Crippen LogP contribution in [-0.4, -0.2) is 0 Å². The zero-order chi connectivity index (χ0) is 44.9. The summed E-state index contributed by atoms with van der Waals surface area (Å²) in [4.78, 5) is 2.15. The van der Waals surface area contributed by atoms with E-state index in [0.29, 0.717) is 11.1 Å².